The first-order chi connectivity index (χ1) is 21.7. The molecule has 0 saturated carbocycles. The molecule has 6 aromatic rings. The molecule has 0 aliphatic heterocycles. The Morgan fingerprint density at radius 2 is 1.22 bits per heavy atom. The van der Waals surface area contributed by atoms with E-state index in [9.17, 15) is 14.0 Å². The second-order valence-electron chi connectivity index (χ2n) is 9.38. The van der Waals surface area contributed by atoms with Crippen LogP contribution in [0.1, 0.15) is 20.9 Å². The van der Waals surface area contributed by atoms with Crippen LogP contribution < -0.4 is 25.3 Å². The van der Waals surface area contributed by atoms with Crippen LogP contribution in [0.4, 0.5) is 4.39 Å². The van der Waals surface area contributed by atoms with Gasteiger partial charge in [0, 0.05) is 11.8 Å². The highest BCUT2D eigenvalue weighted by Gasteiger charge is 2.10. The van der Waals surface area contributed by atoms with Crippen molar-refractivity contribution in [2.24, 2.45) is 0 Å². The lowest BCUT2D eigenvalue weighted by Crippen LogP contribution is -2.08. The normalized spacial score (nSPS) is 10.4. The quantitative estimate of drug-likeness (QED) is 0.178. The maximum Gasteiger partial charge on any atom is 0.262 e. The Bertz CT molecular complexity index is 1990. The molecule has 2 N–H and O–H groups in total. The van der Waals surface area contributed by atoms with Gasteiger partial charge < -0.3 is 24.2 Å². The third-order valence-corrected chi connectivity index (χ3v) is 7.37. The number of H-pyrrole nitrogens is 2. The third-order valence-electron chi connectivity index (χ3n) is 6.45. The Hall–Kier alpha value is -4.55. The van der Waals surface area contributed by atoms with Gasteiger partial charge in [-0.3, -0.25) is 9.59 Å². The maximum absolute atomic E-state index is 13.2. The summed E-state index contributed by atoms with van der Waals surface area (Å²) in [5, 5.41) is 0.435. The summed E-state index contributed by atoms with van der Waals surface area (Å²) in [6, 6.07) is 22.1. The zero-order valence-corrected chi connectivity index (χ0v) is 27.7. The minimum Gasteiger partial charge on any atom is -0.497 e. The molecule has 0 aliphatic rings. The van der Waals surface area contributed by atoms with E-state index in [1.54, 1.807) is 32.4 Å². The predicted molar refractivity (Wildman–Crippen MR) is 184 cm³/mol. The van der Waals surface area contributed by atoms with Gasteiger partial charge in [-0.15, -0.1) is 0 Å². The van der Waals surface area contributed by atoms with Crippen LogP contribution in [0, 0.1) is 5.82 Å². The molecule has 0 bridgehead atoms. The Morgan fingerprint density at radius 3 is 1.76 bits per heavy atom. The molecule has 0 fully saturated rings. The monoisotopic (exact) mass is 742 g/mol. The standard InChI is InChI=1S/C16H13BrN2O3.C9H12O.C8H4BrFN2O.2H2/c1-21-12-4-2-10(3-5-12)8-22-14-7-11(17)6-13-15(14)16(20)19-9-18-13;1-3-8-4-6-9(10-2)7-5-8;9-4-1-5(10)7-6(2-4)11-3-12-8(7)13;;/h2-7,9H,8H2,1H3,(H,18,19,20);4-7H,3H2,1-2H3;1-3H,(H,11,12,13);2*1H. The molecule has 0 radical (unpaired) electrons. The maximum atomic E-state index is 13.2. The summed E-state index contributed by atoms with van der Waals surface area (Å²) in [4.78, 5) is 36.0. The predicted octanol–water partition coefficient (Wildman–Crippen LogP) is 7.85. The van der Waals surface area contributed by atoms with Gasteiger partial charge in [-0.05, 0) is 66.1 Å². The van der Waals surface area contributed by atoms with Crippen molar-refractivity contribution in [3.05, 3.63) is 132 Å². The highest BCUT2D eigenvalue weighted by molar-refractivity contribution is 9.10. The van der Waals surface area contributed by atoms with Gasteiger partial charge in [0.25, 0.3) is 11.1 Å². The van der Waals surface area contributed by atoms with E-state index >= 15 is 0 Å². The van der Waals surface area contributed by atoms with Gasteiger partial charge >= 0.3 is 0 Å². The second-order valence-corrected chi connectivity index (χ2v) is 11.2. The van der Waals surface area contributed by atoms with Crippen molar-refractivity contribution >= 4 is 53.7 Å². The van der Waals surface area contributed by atoms with Crippen molar-refractivity contribution in [1.82, 2.24) is 19.9 Å². The summed E-state index contributed by atoms with van der Waals surface area (Å²) in [5.41, 5.74) is 2.57. The Labute approximate surface area is 277 Å². The number of benzene rings is 4. The van der Waals surface area contributed by atoms with Gasteiger partial charge in [-0.2, -0.15) is 0 Å². The summed E-state index contributed by atoms with van der Waals surface area (Å²) < 4.78 is 30.5. The van der Waals surface area contributed by atoms with Crippen LogP contribution in [0.3, 0.4) is 0 Å². The number of aromatic amines is 2. The Morgan fingerprint density at radius 1 is 0.733 bits per heavy atom. The first kappa shape index (κ1) is 33.3. The van der Waals surface area contributed by atoms with Gasteiger partial charge in [-0.1, -0.05) is 63.0 Å². The molecule has 2 heterocycles. The molecule has 0 saturated heterocycles. The first-order valence-corrected chi connectivity index (χ1v) is 15.2. The molecule has 4 aromatic carbocycles. The van der Waals surface area contributed by atoms with Crippen molar-refractivity contribution in [3.63, 3.8) is 0 Å². The van der Waals surface area contributed by atoms with Gasteiger partial charge in [0.1, 0.15) is 40.4 Å². The fourth-order valence-corrected chi connectivity index (χ4v) is 4.95. The summed E-state index contributed by atoms with van der Waals surface area (Å²) in [7, 11) is 3.30. The number of hydrogen-bond acceptors (Lipinski definition) is 7. The van der Waals surface area contributed by atoms with Crippen LogP contribution in [-0.4, -0.2) is 34.2 Å². The average Bonchev–Trinajstić information content (AvgIpc) is 3.04. The highest BCUT2D eigenvalue weighted by Crippen LogP contribution is 2.27. The van der Waals surface area contributed by atoms with Crippen LogP contribution in [-0.2, 0) is 13.0 Å². The lowest BCUT2D eigenvalue weighted by Gasteiger charge is -2.09. The molecule has 9 nitrogen and oxygen atoms in total. The minimum atomic E-state index is -0.571. The molecule has 0 amide bonds. The molecule has 0 unspecified atom stereocenters. The zero-order valence-electron chi connectivity index (χ0n) is 24.6. The number of hydrogen-bond donors (Lipinski definition) is 2. The van der Waals surface area contributed by atoms with Crippen molar-refractivity contribution in [3.8, 4) is 17.2 Å². The number of methoxy groups -OCH3 is 2. The van der Waals surface area contributed by atoms with E-state index in [2.05, 4.69) is 70.9 Å². The molecule has 0 atom stereocenters. The van der Waals surface area contributed by atoms with Crippen LogP contribution >= 0.6 is 31.9 Å². The summed E-state index contributed by atoms with van der Waals surface area (Å²) in [6.45, 7) is 2.49. The number of nitrogens with zero attached hydrogens (tertiary/aromatic N) is 2. The summed E-state index contributed by atoms with van der Waals surface area (Å²) >= 11 is 6.52. The molecular formula is C33H33Br2FN4O5. The fraction of sp³-hybridized carbons (Fsp3) is 0.152. The van der Waals surface area contributed by atoms with E-state index in [0.717, 1.165) is 28.0 Å². The lowest BCUT2D eigenvalue weighted by molar-refractivity contribution is 0.309. The van der Waals surface area contributed by atoms with E-state index in [0.29, 0.717) is 33.2 Å². The molecular weight excluding hydrogens is 711 g/mol. The van der Waals surface area contributed by atoms with Crippen LogP contribution in [0.15, 0.2) is 104 Å². The fourth-order valence-electron chi connectivity index (χ4n) is 4.11. The SMILES string of the molecule is CCc1ccc(OC)cc1.COc1ccc(COc2cc(Br)cc3nc[nH]c(=O)c23)cc1.O=c1[nH]cnc2cc(Br)cc(F)c12.[HH].[HH]. The van der Waals surface area contributed by atoms with Crippen molar-refractivity contribution in [2.45, 2.75) is 20.0 Å². The van der Waals surface area contributed by atoms with Gasteiger partial charge in [0.15, 0.2) is 0 Å². The van der Waals surface area contributed by atoms with Crippen LogP contribution in [0.2, 0.25) is 0 Å². The Kier molecular flexibility index (Phi) is 11.8. The number of aryl methyl sites for hydroxylation is 1. The average molecular weight is 744 g/mol. The van der Waals surface area contributed by atoms with Crippen molar-refractivity contribution in [2.75, 3.05) is 14.2 Å². The molecule has 45 heavy (non-hydrogen) atoms. The number of fused-ring (bicyclic) bond motifs is 2. The van der Waals surface area contributed by atoms with E-state index in [4.69, 9.17) is 14.2 Å². The molecule has 236 valence electrons. The minimum absolute atomic E-state index is 0. The lowest BCUT2D eigenvalue weighted by atomic mass is 10.2. The van der Waals surface area contributed by atoms with E-state index in [1.807, 2.05) is 36.4 Å². The van der Waals surface area contributed by atoms with E-state index in [-0.39, 0.29) is 13.8 Å². The summed E-state index contributed by atoms with van der Waals surface area (Å²) in [6.07, 6.45) is 3.71. The molecule has 0 aliphatic carbocycles. The first-order valence-electron chi connectivity index (χ1n) is 13.6. The van der Waals surface area contributed by atoms with Gasteiger partial charge in [0.05, 0.1) is 37.9 Å². The van der Waals surface area contributed by atoms with E-state index < -0.39 is 11.4 Å². The topological polar surface area (TPSA) is 119 Å². The van der Waals surface area contributed by atoms with Crippen LogP contribution in [0.5, 0.6) is 17.2 Å². The Balaban J connectivity index is 0.000000263. The molecule has 6 rings (SSSR count). The number of aromatic nitrogens is 4. The number of halogens is 3. The third kappa shape index (κ3) is 8.99. The largest absolute Gasteiger partial charge is 0.497 e. The molecule has 0 spiro atoms. The second kappa shape index (κ2) is 16.0. The highest BCUT2D eigenvalue weighted by atomic mass is 79.9. The number of nitrogens with one attached hydrogen (secondary N) is 2. The smallest absolute Gasteiger partial charge is 0.262 e. The van der Waals surface area contributed by atoms with E-state index in [1.165, 1.54) is 24.3 Å². The van der Waals surface area contributed by atoms with Crippen molar-refractivity contribution < 1.29 is 21.5 Å². The van der Waals surface area contributed by atoms with Gasteiger partial charge in [-0.25, -0.2) is 14.4 Å². The van der Waals surface area contributed by atoms with Crippen molar-refractivity contribution in [1.29, 1.82) is 0 Å². The van der Waals surface area contributed by atoms with Crippen LogP contribution in [0.25, 0.3) is 21.8 Å². The van der Waals surface area contributed by atoms with Gasteiger partial charge in [0.2, 0.25) is 0 Å². The number of rotatable bonds is 6. The summed E-state index contributed by atoms with van der Waals surface area (Å²) in [5.74, 6) is 1.64. The zero-order chi connectivity index (χ0) is 32.3. The number of ether oxygens (including phenoxy) is 3. The molecule has 12 heteroatoms. The molecule has 2 aromatic heterocycles.